The van der Waals surface area contributed by atoms with Crippen molar-refractivity contribution in [2.24, 2.45) is 11.7 Å². The molecule has 0 aliphatic rings. The molecule has 0 fully saturated rings. The van der Waals surface area contributed by atoms with Gasteiger partial charge in [0, 0.05) is 18.4 Å². The van der Waals surface area contributed by atoms with Crippen LogP contribution in [0.5, 0.6) is 5.75 Å². The summed E-state index contributed by atoms with van der Waals surface area (Å²) in [6, 6.07) is 9.08. The average Bonchev–Trinajstić information content (AvgIpc) is 2.85. The minimum Gasteiger partial charge on any atom is -0.523 e. The summed E-state index contributed by atoms with van der Waals surface area (Å²) >= 11 is 0. The summed E-state index contributed by atoms with van der Waals surface area (Å²) in [6.45, 7) is 23.0. The van der Waals surface area contributed by atoms with Gasteiger partial charge in [-0.15, -0.1) is 12.1 Å². The van der Waals surface area contributed by atoms with Crippen LogP contribution < -0.4 is 10.5 Å². The van der Waals surface area contributed by atoms with Crippen molar-refractivity contribution in [1.29, 1.82) is 0 Å². The molecule has 0 aliphatic carbocycles. The van der Waals surface area contributed by atoms with Gasteiger partial charge < -0.3 is 22.6 Å². The number of hydrogen-bond donors (Lipinski definition) is 3. The van der Waals surface area contributed by atoms with E-state index in [0.29, 0.717) is 18.1 Å². The van der Waals surface area contributed by atoms with E-state index in [1.807, 2.05) is 45.1 Å². The van der Waals surface area contributed by atoms with Crippen LogP contribution in [0.4, 0.5) is 0 Å². The van der Waals surface area contributed by atoms with Crippen molar-refractivity contribution in [2.45, 2.75) is 67.7 Å². The zero-order chi connectivity index (χ0) is 28.2. The molecule has 0 radical (unpaired) electrons. The molecule has 0 heterocycles. The van der Waals surface area contributed by atoms with E-state index in [-0.39, 0.29) is 33.9 Å². The van der Waals surface area contributed by atoms with Gasteiger partial charge in [-0.25, -0.2) is 0 Å². The van der Waals surface area contributed by atoms with Crippen molar-refractivity contribution in [3.05, 3.63) is 84.4 Å². The standard InChI is InChI=1S/C16H25NO2.C11H15O.C2H6.CH3.H2O2.W/c1-7-14(10-19-6)15(13(5)11(2)3)9-8-12(4)16(17)18;1-11(2,3)9-5-7-10(12-4)8-6-9;1-2;;1-2;/h7-9,11H,4,10H2,1-3,5-6H3,(H2,17,18);5-7H,1-4H3;1-2H3;1H3;1-2H;/q;-1;;-1;;+2/b9-8-,14-7-,15-13-;;;;;. The van der Waals surface area contributed by atoms with E-state index in [1.165, 1.54) is 11.1 Å². The summed E-state index contributed by atoms with van der Waals surface area (Å²) in [6.07, 6.45) is 5.56. The van der Waals surface area contributed by atoms with Crippen LogP contribution in [-0.4, -0.2) is 37.2 Å². The minimum absolute atomic E-state index is 0. The molecule has 1 rings (SSSR count). The Balaban J connectivity index is -0.000000164. The number of primary amides is 1. The first-order valence-electron chi connectivity index (χ1n) is 11.7. The van der Waals surface area contributed by atoms with Crippen LogP contribution in [-0.2, 0) is 36.0 Å². The van der Waals surface area contributed by atoms with Crippen LogP contribution in [0.1, 0.15) is 67.9 Å². The van der Waals surface area contributed by atoms with Gasteiger partial charge in [-0.1, -0.05) is 78.2 Å². The Morgan fingerprint density at radius 2 is 1.68 bits per heavy atom. The van der Waals surface area contributed by atoms with Gasteiger partial charge in [0.1, 0.15) is 0 Å². The Kier molecular flexibility index (Phi) is 31.2. The normalized spacial score (nSPS) is 11.1. The molecule has 1 amide bonds. The number of amides is 1. The molecule has 6 nitrogen and oxygen atoms in total. The summed E-state index contributed by atoms with van der Waals surface area (Å²) < 4.78 is 10.2. The predicted octanol–water partition coefficient (Wildman–Crippen LogP) is 7.43. The predicted molar refractivity (Wildman–Crippen MR) is 154 cm³/mol. The van der Waals surface area contributed by atoms with Crippen LogP contribution in [0.2, 0.25) is 0 Å². The van der Waals surface area contributed by atoms with Crippen molar-refractivity contribution in [1.82, 2.24) is 0 Å². The van der Waals surface area contributed by atoms with Gasteiger partial charge in [0.25, 0.3) is 0 Å². The molecule has 0 spiro atoms. The molecule has 0 saturated heterocycles. The van der Waals surface area contributed by atoms with Gasteiger partial charge in [0.2, 0.25) is 5.91 Å². The van der Waals surface area contributed by atoms with Crippen molar-refractivity contribution in [3.8, 4) is 5.75 Å². The zero-order valence-electron chi connectivity index (χ0n) is 25.1. The molecule has 0 saturated carbocycles. The fourth-order valence-corrected chi connectivity index (χ4v) is 2.54. The molecule has 0 atom stereocenters. The Hall–Kier alpha value is -1.98. The fraction of sp³-hybridized carbons (Fsp3) is 0.467. The molecule has 37 heavy (non-hydrogen) atoms. The van der Waals surface area contributed by atoms with Crippen molar-refractivity contribution < 1.29 is 45.8 Å². The first-order valence-corrected chi connectivity index (χ1v) is 11.7. The summed E-state index contributed by atoms with van der Waals surface area (Å²) in [5.41, 5.74) is 10.3. The monoisotopic (exact) mass is 689 g/mol. The second-order valence-electron chi connectivity index (χ2n) is 8.62. The summed E-state index contributed by atoms with van der Waals surface area (Å²) in [7, 11) is 3.32. The Bertz CT molecular complexity index is 817. The second-order valence-corrected chi connectivity index (χ2v) is 8.62. The van der Waals surface area contributed by atoms with Gasteiger partial charge in [-0.3, -0.25) is 15.3 Å². The quantitative estimate of drug-likeness (QED) is 0.0867. The van der Waals surface area contributed by atoms with Gasteiger partial charge in [-0.05, 0) is 37.0 Å². The Morgan fingerprint density at radius 3 is 1.97 bits per heavy atom. The molecule has 0 unspecified atom stereocenters. The third-order valence-electron chi connectivity index (χ3n) is 4.92. The first kappa shape index (κ1) is 45.0. The van der Waals surface area contributed by atoms with Crippen molar-refractivity contribution in [3.63, 3.8) is 0 Å². The largest absolute Gasteiger partial charge is 2.00 e. The molecule has 0 bridgehead atoms. The summed E-state index contributed by atoms with van der Waals surface area (Å²) in [5, 5.41) is 12.0. The SMILES string of the molecule is C=C(\C=C/C(=C(\C)C(C)C)C(=C\C)/COC)C(N)=O.CC.COc1[c-]cc(C(C)(C)C)cc1.OO.[CH3-].[W+2]. The maximum Gasteiger partial charge on any atom is 2.00 e. The second kappa shape index (κ2) is 25.7. The van der Waals surface area contributed by atoms with E-state index in [0.717, 1.165) is 16.9 Å². The Labute approximate surface area is 241 Å². The molecular weight excluding hydrogens is 638 g/mol. The molecule has 1 aromatic rings. The molecule has 7 heteroatoms. The van der Waals surface area contributed by atoms with E-state index in [1.54, 1.807) is 20.3 Å². The van der Waals surface area contributed by atoms with Crippen molar-refractivity contribution in [2.75, 3.05) is 20.8 Å². The van der Waals surface area contributed by atoms with Crippen LogP contribution in [0.25, 0.3) is 0 Å². The summed E-state index contributed by atoms with van der Waals surface area (Å²) in [5.74, 6) is 0.697. The maximum absolute atomic E-state index is 11.0. The molecule has 0 aromatic heterocycles. The third-order valence-corrected chi connectivity index (χ3v) is 4.92. The van der Waals surface area contributed by atoms with Crippen LogP contribution in [0.3, 0.4) is 0 Å². The van der Waals surface area contributed by atoms with E-state index in [2.05, 4.69) is 60.3 Å². The van der Waals surface area contributed by atoms with E-state index in [9.17, 15) is 4.79 Å². The first-order chi connectivity index (χ1) is 16.4. The molecule has 0 aliphatic heterocycles. The van der Waals surface area contributed by atoms with E-state index in [4.69, 9.17) is 25.7 Å². The molecule has 212 valence electrons. The Morgan fingerprint density at radius 1 is 1.16 bits per heavy atom. The summed E-state index contributed by atoms with van der Waals surface area (Å²) in [4.78, 5) is 11.0. The number of carbonyl (C=O) groups is 1. The third kappa shape index (κ3) is 19.8. The number of nitrogens with two attached hydrogens (primary N) is 1. The van der Waals surface area contributed by atoms with Crippen LogP contribution in [0.15, 0.2) is 65.3 Å². The number of benzene rings is 1. The number of methoxy groups -OCH3 is 2. The fourth-order valence-electron chi connectivity index (χ4n) is 2.54. The smallest absolute Gasteiger partial charge is 0.523 e. The topological polar surface area (TPSA) is 102 Å². The van der Waals surface area contributed by atoms with Crippen LogP contribution in [0, 0.1) is 19.4 Å². The van der Waals surface area contributed by atoms with E-state index >= 15 is 0 Å². The average molecular weight is 690 g/mol. The van der Waals surface area contributed by atoms with Crippen LogP contribution >= 0.6 is 0 Å². The molecule has 4 N–H and O–H groups in total. The van der Waals surface area contributed by atoms with Gasteiger partial charge in [-0.2, -0.15) is 17.7 Å². The molecular formula is C30H51NO5W. The van der Waals surface area contributed by atoms with Gasteiger partial charge in [0.05, 0.1) is 13.7 Å². The number of allylic oxidation sites excluding steroid dienone is 3. The van der Waals surface area contributed by atoms with Gasteiger partial charge >= 0.3 is 21.1 Å². The number of ether oxygens (including phenoxy) is 2. The van der Waals surface area contributed by atoms with Gasteiger partial charge in [0.15, 0.2) is 0 Å². The molecule has 1 aromatic carbocycles. The minimum atomic E-state index is -0.508. The number of rotatable bonds is 8. The maximum atomic E-state index is 11.0. The van der Waals surface area contributed by atoms with E-state index < -0.39 is 5.91 Å². The number of carbonyl (C=O) groups excluding carboxylic acids is 1. The number of hydrogen-bond acceptors (Lipinski definition) is 5. The van der Waals surface area contributed by atoms with Crippen molar-refractivity contribution >= 4 is 5.91 Å². The zero-order valence-corrected chi connectivity index (χ0v) is 28.0.